The van der Waals surface area contributed by atoms with Gasteiger partial charge in [0.15, 0.2) is 0 Å². The van der Waals surface area contributed by atoms with Crippen molar-refractivity contribution in [3.05, 3.63) is 53.7 Å². The number of nitrogens with one attached hydrogen (secondary N) is 1. The quantitative estimate of drug-likeness (QED) is 0.535. The summed E-state index contributed by atoms with van der Waals surface area (Å²) in [7, 11) is 0. The lowest BCUT2D eigenvalue weighted by Gasteiger charge is -2.51. The van der Waals surface area contributed by atoms with Crippen molar-refractivity contribution < 1.29 is 9.18 Å². The average molecular weight is 471 g/mol. The SMILES string of the molecule is C=C1N(/C(NC2CCCCCC2)=C(/c2ccc(F)cc2)C(C)CC)CCN(C(=O)CN)C1(C)C. The Balaban J connectivity index is 2.11. The molecule has 5 nitrogen and oxygen atoms in total. The molecule has 188 valence electrons. The lowest BCUT2D eigenvalue weighted by molar-refractivity contribution is -0.136. The van der Waals surface area contributed by atoms with E-state index in [1.165, 1.54) is 43.4 Å². The second-order valence-corrected chi connectivity index (χ2v) is 10.3. The van der Waals surface area contributed by atoms with Crippen molar-refractivity contribution in [3.8, 4) is 0 Å². The molecule has 0 radical (unpaired) electrons. The molecule has 6 heteroatoms. The van der Waals surface area contributed by atoms with Crippen LogP contribution in [0.25, 0.3) is 5.57 Å². The van der Waals surface area contributed by atoms with E-state index in [1.807, 2.05) is 30.9 Å². The van der Waals surface area contributed by atoms with Crippen LogP contribution in [0.1, 0.15) is 78.2 Å². The largest absolute Gasteiger partial charge is 0.368 e. The molecule has 3 rings (SSSR count). The molecule has 1 aromatic rings. The highest BCUT2D eigenvalue weighted by Crippen LogP contribution is 2.37. The van der Waals surface area contributed by atoms with Crippen LogP contribution in [-0.2, 0) is 4.79 Å². The van der Waals surface area contributed by atoms with E-state index in [0.717, 1.165) is 36.3 Å². The fourth-order valence-corrected chi connectivity index (χ4v) is 5.30. The first kappa shape index (κ1) is 26.3. The van der Waals surface area contributed by atoms with Crippen LogP contribution in [0, 0.1) is 11.7 Å². The minimum absolute atomic E-state index is 0.00652. The van der Waals surface area contributed by atoms with Crippen LogP contribution in [0.3, 0.4) is 0 Å². The molecule has 1 unspecified atom stereocenters. The summed E-state index contributed by atoms with van der Waals surface area (Å²) in [5.41, 5.74) is 8.23. The number of piperazine rings is 1. The van der Waals surface area contributed by atoms with Crippen molar-refractivity contribution in [2.75, 3.05) is 19.6 Å². The Morgan fingerprint density at radius 3 is 2.35 bits per heavy atom. The smallest absolute Gasteiger partial charge is 0.237 e. The first-order valence-electron chi connectivity index (χ1n) is 12.9. The Hall–Kier alpha value is -2.34. The minimum atomic E-state index is -0.561. The number of benzene rings is 1. The van der Waals surface area contributed by atoms with Crippen LogP contribution in [0.15, 0.2) is 42.4 Å². The number of amides is 1. The lowest BCUT2D eigenvalue weighted by atomic mass is 9.89. The van der Waals surface area contributed by atoms with Crippen molar-refractivity contribution in [2.24, 2.45) is 11.7 Å². The summed E-state index contributed by atoms with van der Waals surface area (Å²) in [4.78, 5) is 16.7. The summed E-state index contributed by atoms with van der Waals surface area (Å²) in [5.74, 6) is 1.03. The van der Waals surface area contributed by atoms with Gasteiger partial charge in [-0.25, -0.2) is 4.39 Å². The lowest BCUT2D eigenvalue weighted by Crippen LogP contribution is -2.61. The first-order chi connectivity index (χ1) is 16.2. The normalized spacial score (nSPS) is 21.1. The van der Waals surface area contributed by atoms with Crippen molar-refractivity contribution in [3.63, 3.8) is 0 Å². The Labute approximate surface area is 205 Å². The summed E-state index contributed by atoms with van der Waals surface area (Å²) >= 11 is 0. The maximum atomic E-state index is 13.8. The Kier molecular flexibility index (Phi) is 8.80. The van der Waals surface area contributed by atoms with Crippen LogP contribution >= 0.6 is 0 Å². The van der Waals surface area contributed by atoms with Gasteiger partial charge in [-0.1, -0.05) is 58.2 Å². The molecule has 1 aliphatic heterocycles. The molecule has 0 bridgehead atoms. The van der Waals surface area contributed by atoms with E-state index < -0.39 is 5.54 Å². The number of hydrogen-bond acceptors (Lipinski definition) is 4. The average Bonchev–Trinajstić information content (AvgIpc) is 3.09. The highest BCUT2D eigenvalue weighted by molar-refractivity contribution is 5.79. The summed E-state index contributed by atoms with van der Waals surface area (Å²) in [6.07, 6.45) is 8.27. The van der Waals surface area contributed by atoms with Gasteiger partial charge in [0.25, 0.3) is 0 Å². The van der Waals surface area contributed by atoms with Gasteiger partial charge in [-0.15, -0.1) is 0 Å². The van der Waals surface area contributed by atoms with E-state index in [2.05, 4.69) is 30.6 Å². The predicted molar refractivity (Wildman–Crippen MR) is 138 cm³/mol. The van der Waals surface area contributed by atoms with Crippen LogP contribution in [0.4, 0.5) is 4.39 Å². The molecule has 1 heterocycles. The minimum Gasteiger partial charge on any atom is -0.368 e. The van der Waals surface area contributed by atoms with Gasteiger partial charge in [0.2, 0.25) is 5.91 Å². The summed E-state index contributed by atoms with van der Waals surface area (Å²) in [5, 5.41) is 3.94. The van der Waals surface area contributed by atoms with E-state index in [0.29, 0.717) is 19.1 Å². The zero-order valence-corrected chi connectivity index (χ0v) is 21.5. The number of halogens is 1. The third kappa shape index (κ3) is 5.65. The molecular formula is C28H43FN4O. The van der Waals surface area contributed by atoms with Crippen molar-refractivity contribution in [1.29, 1.82) is 0 Å². The molecule has 0 spiro atoms. The Morgan fingerprint density at radius 1 is 1.18 bits per heavy atom. The van der Waals surface area contributed by atoms with E-state index in [4.69, 9.17) is 5.73 Å². The van der Waals surface area contributed by atoms with Crippen LogP contribution in [-0.4, -0.2) is 46.9 Å². The number of rotatable bonds is 7. The van der Waals surface area contributed by atoms with Gasteiger partial charge >= 0.3 is 0 Å². The molecule has 1 saturated carbocycles. The molecule has 2 fully saturated rings. The van der Waals surface area contributed by atoms with E-state index in [1.54, 1.807) is 0 Å². The van der Waals surface area contributed by atoms with E-state index >= 15 is 0 Å². The molecule has 1 amide bonds. The number of carbonyl (C=O) groups is 1. The first-order valence-corrected chi connectivity index (χ1v) is 12.9. The monoisotopic (exact) mass is 470 g/mol. The van der Waals surface area contributed by atoms with E-state index in [9.17, 15) is 9.18 Å². The van der Waals surface area contributed by atoms with E-state index in [-0.39, 0.29) is 24.2 Å². The zero-order chi connectivity index (χ0) is 24.9. The highest BCUT2D eigenvalue weighted by Gasteiger charge is 2.41. The summed E-state index contributed by atoms with van der Waals surface area (Å²) < 4.78 is 13.8. The predicted octanol–water partition coefficient (Wildman–Crippen LogP) is 5.25. The number of nitrogens with two attached hydrogens (primary N) is 1. The van der Waals surface area contributed by atoms with Gasteiger partial charge in [-0.3, -0.25) is 4.79 Å². The molecule has 2 aliphatic rings. The van der Waals surface area contributed by atoms with Crippen molar-refractivity contribution in [1.82, 2.24) is 15.1 Å². The molecule has 1 saturated heterocycles. The van der Waals surface area contributed by atoms with Crippen molar-refractivity contribution in [2.45, 2.75) is 84.2 Å². The van der Waals surface area contributed by atoms with Crippen LogP contribution in [0.2, 0.25) is 0 Å². The third-order valence-corrected chi connectivity index (χ3v) is 7.71. The standard InChI is InChI=1S/C28H43FN4O/c1-6-20(2)26(22-13-15-23(29)16-14-22)27(31-24-11-9-7-8-10-12-24)32-17-18-33(25(34)19-30)28(4,5)21(32)3/h13-16,20,24,31H,3,6-12,17-19,30H2,1-2,4-5H3/b27-26+. The number of carbonyl (C=O) groups excluding carboxylic acids is 1. The molecule has 1 aromatic carbocycles. The molecule has 0 aromatic heterocycles. The molecule has 3 N–H and O–H groups in total. The number of hydrogen-bond donors (Lipinski definition) is 2. The Morgan fingerprint density at radius 2 is 1.79 bits per heavy atom. The summed E-state index contributed by atoms with van der Waals surface area (Å²) in [6.45, 7) is 14.2. The Bertz CT molecular complexity index is 884. The zero-order valence-electron chi connectivity index (χ0n) is 21.5. The molecule has 1 aliphatic carbocycles. The third-order valence-electron chi connectivity index (χ3n) is 7.71. The maximum absolute atomic E-state index is 13.8. The van der Waals surface area contributed by atoms with Crippen LogP contribution in [0.5, 0.6) is 0 Å². The fraction of sp³-hybridized carbons (Fsp3) is 0.607. The van der Waals surface area contributed by atoms with Gasteiger partial charge in [0, 0.05) is 30.4 Å². The maximum Gasteiger partial charge on any atom is 0.237 e. The molecular weight excluding hydrogens is 427 g/mol. The van der Waals surface area contributed by atoms with Gasteiger partial charge < -0.3 is 20.9 Å². The van der Waals surface area contributed by atoms with Gasteiger partial charge in [0.05, 0.1) is 12.1 Å². The molecule has 1 atom stereocenters. The summed E-state index contributed by atoms with van der Waals surface area (Å²) in [6, 6.07) is 7.23. The second kappa shape index (κ2) is 11.4. The second-order valence-electron chi connectivity index (χ2n) is 10.3. The van der Waals surface area contributed by atoms with Crippen molar-refractivity contribution >= 4 is 11.5 Å². The number of allylic oxidation sites excluding steroid dienone is 1. The number of nitrogens with zero attached hydrogens (tertiary/aromatic N) is 2. The van der Waals surface area contributed by atoms with Gasteiger partial charge in [-0.2, -0.15) is 0 Å². The van der Waals surface area contributed by atoms with Crippen LogP contribution < -0.4 is 11.1 Å². The molecule has 34 heavy (non-hydrogen) atoms. The van der Waals surface area contributed by atoms with Gasteiger partial charge in [0.1, 0.15) is 11.6 Å². The van der Waals surface area contributed by atoms with Gasteiger partial charge in [-0.05, 0) is 56.7 Å². The fourth-order valence-electron chi connectivity index (χ4n) is 5.30. The highest BCUT2D eigenvalue weighted by atomic mass is 19.1. The topological polar surface area (TPSA) is 61.6 Å².